The number of sulfonamides is 1. The van der Waals surface area contributed by atoms with Crippen LogP contribution in [0.2, 0.25) is 5.02 Å². The molecule has 1 heterocycles. The van der Waals surface area contributed by atoms with Crippen molar-refractivity contribution in [3.63, 3.8) is 0 Å². The van der Waals surface area contributed by atoms with Crippen molar-refractivity contribution >= 4 is 27.6 Å². The lowest BCUT2D eigenvalue weighted by molar-refractivity contribution is 0.0342. The zero-order chi connectivity index (χ0) is 20.9. The second kappa shape index (κ2) is 9.69. The lowest BCUT2D eigenvalue weighted by atomic mass is 10.1. The molecular weight excluding hydrogens is 416 g/mol. The van der Waals surface area contributed by atoms with Crippen LogP contribution in [-0.2, 0) is 32.6 Å². The van der Waals surface area contributed by atoms with Crippen molar-refractivity contribution in [3.8, 4) is 0 Å². The largest absolute Gasteiger partial charge is 0.465 e. The van der Waals surface area contributed by atoms with Crippen molar-refractivity contribution in [1.29, 1.82) is 0 Å². The molecule has 0 spiro atoms. The minimum atomic E-state index is -3.81. The van der Waals surface area contributed by atoms with E-state index in [2.05, 4.69) is 14.4 Å². The summed E-state index contributed by atoms with van der Waals surface area (Å²) in [4.78, 5) is 14.0. The molecule has 156 valence electrons. The Balaban J connectivity index is 1.63. The Bertz CT molecular complexity index is 957. The lowest BCUT2D eigenvalue weighted by Crippen LogP contribution is -2.35. The third-order valence-corrected chi connectivity index (χ3v) is 6.38. The number of hydrogen-bond donors (Lipinski definition) is 1. The highest BCUT2D eigenvalue weighted by Gasteiger charge is 2.19. The summed E-state index contributed by atoms with van der Waals surface area (Å²) in [7, 11) is -2.60. The number of benzene rings is 2. The highest BCUT2D eigenvalue weighted by atomic mass is 35.5. The van der Waals surface area contributed by atoms with E-state index >= 15 is 0 Å². The maximum atomic E-state index is 12.6. The molecule has 1 saturated heterocycles. The fourth-order valence-electron chi connectivity index (χ4n) is 2.98. The van der Waals surface area contributed by atoms with Gasteiger partial charge in [0.15, 0.2) is 0 Å². The van der Waals surface area contributed by atoms with E-state index in [1.165, 1.54) is 30.9 Å². The first kappa shape index (κ1) is 21.7. The van der Waals surface area contributed by atoms with Crippen molar-refractivity contribution in [2.75, 3.05) is 33.4 Å². The number of morpholine rings is 1. The summed E-state index contributed by atoms with van der Waals surface area (Å²) < 4.78 is 37.7. The van der Waals surface area contributed by atoms with Gasteiger partial charge in [-0.2, -0.15) is 0 Å². The predicted octanol–water partition coefficient (Wildman–Crippen LogP) is 2.44. The van der Waals surface area contributed by atoms with Gasteiger partial charge in [-0.15, -0.1) is 0 Å². The number of methoxy groups -OCH3 is 1. The van der Waals surface area contributed by atoms with Crippen molar-refractivity contribution in [2.45, 2.75) is 18.0 Å². The monoisotopic (exact) mass is 438 g/mol. The Morgan fingerprint density at radius 3 is 2.45 bits per heavy atom. The predicted molar refractivity (Wildman–Crippen MR) is 109 cm³/mol. The summed E-state index contributed by atoms with van der Waals surface area (Å²) in [6, 6.07) is 11.7. The van der Waals surface area contributed by atoms with Crippen LogP contribution in [0.25, 0.3) is 0 Å². The SMILES string of the molecule is COC(=O)c1cc(S(=O)(=O)NCc2ccc(CN3CCOCC3)cc2)ccc1Cl. The number of halogens is 1. The highest BCUT2D eigenvalue weighted by molar-refractivity contribution is 7.89. The van der Waals surface area contributed by atoms with Gasteiger partial charge >= 0.3 is 5.97 Å². The smallest absolute Gasteiger partial charge is 0.339 e. The van der Waals surface area contributed by atoms with Crippen LogP contribution in [0.3, 0.4) is 0 Å². The molecule has 0 atom stereocenters. The van der Waals surface area contributed by atoms with Crippen LogP contribution in [-0.4, -0.2) is 52.7 Å². The number of ether oxygens (including phenoxy) is 2. The van der Waals surface area contributed by atoms with Gasteiger partial charge in [0.2, 0.25) is 10.0 Å². The Hall–Kier alpha value is -1.97. The summed E-state index contributed by atoms with van der Waals surface area (Å²) in [5, 5.41) is 0.131. The molecule has 29 heavy (non-hydrogen) atoms. The number of nitrogens with zero attached hydrogens (tertiary/aromatic N) is 1. The van der Waals surface area contributed by atoms with Gasteiger partial charge in [-0.1, -0.05) is 35.9 Å². The fourth-order valence-corrected chi connectivity index (χ4v) is 4.22. The van der Waals surface area contributed by atoms with Crippen LogP contribution in [0.1, 0.15) is 21.5 Å². The number of esters is 1. The van der Waals surface area contributed by atoms with E-state index in [-0.39, 0.29) is 22.0 Å². The molecule has 7 nitrogen and oxygen atoms in total. The van der Waals surface area contributed by atoms with Crippen molar-refractivity contribution in [2.24, 2.45) is 0 Å². The number of carbonyl (C=O) groups excluding carboxylic acids is 1. The number of carbonyl (C=O) groups is 1. The van der Waals surface area contributed by atoms with E-state index in [1.807, 2.05) is 24.3 Å². The first-order valence-corrected chi connectivity index (χ1v) is 11.0. The topological polar surface area (TPSA) is 84.9 Å². The second-order valence-corrected chi connectivity index (χ2v) is 8.84. The summed E-state index contributed by atoms with van der Waals surface area (Å²) in [6.07, 6.45) is 0. The van der Waals surface area contributed by atoms with Crippen LogP contribution in [0.5, 0.6) is 0 Å². The zero-order valence-corrected chi connectivity index (χ0v) is 17.6. The fraction of sp³-hybridized carbons (Fsp3) is 0.350. The number of hydrogen-bond acceptors (Lipinski definition) is 6. The maximum absolute atomic E-state index is 12.6. The van der Waals surface area contributed by atoms with E-state index in [4.69, 9.17) is 16.3 Å². The highest BCUT2D eigenvalue weighted by Crippen LogP contribution is 2.21. The van der Waals surface area contributed by atoms with Crippen molar-refractivity contribution < 1.29 is 22.7 Å². The Morgan fingerprint density at radius 2 is 1.79 bits per heavy atom. The van der Waals surface area contributed by atoms with Gasteiger partial charge in [0.05, 0.1) is 35.8 Å². The van der Waals surface area contributed by atoms with Crippen LogP contribution in [0, 0.1) is 0 Å². The van der Waals surface area contributed by atoms with Gasteiger partial charge in [-0.25, -0.2) is 17.9 Å². The van der Waals surface area contributed by atoms with Gasteiger partial charge in [0.25, 0.3) is 0 Å². The normalized spacial score (nSPS) is 15.2. The van der Waals surface area contributed by atoms with Crippen LogP contribution in [0.4, 0.5) is 0 Å². The molecular formula is C20H23ClN2O5S. The molecule has 0 saturated carbocycles. The van der Waals surface area contributed by atoms with Gasteiger partial charge in [0, 0.05) is 26.2 Å². The van der Waals surface area contributed by atoms with Crippen molar-refractivity contribution in [1.82, 2.24) is 9.62 Å². The van der Waals surface area contributed by atoms with Crippen molar-refractivity contribution in [3.05, 3.63) is 64.2 Å². The summed E-state index contributed by atoms with van der Waals surface area (Å²) in [5.41, 5.74) is 2.00. The van der Waals surface area contributed by atoms with Gasteiger partial charge in [-0.3, -0.25) is 4.90 Å². The Morgan fingerprint density at radius 1 is 1.14 bits per heavy atom. The third kappa shape index (κ3) is 5.77. The summed E-state index contributed by atoms with van der Waals surface area (Å²) >= 11 is 5.95. The van der Waals surface area contributed by atoms with Gasteiger partial charge < -0.3 is 9.47 Å². The van der Waals surface area contributed by atoms with Crippen LogP contribution in [0.15, 0.2) is 47.4 Å². The molecule has 1 N–H and O–H groups in total. The standard InChI is InChI=1S/C20H23ClN2O5S/c1-27-20(24)18-12-17(6-7-19(18)21)29(25,26)22-13-15-2-4-16(5-3-15)14-23-8-10-28-11-9-23/h2-7,12,22H,8-11,13-14H2,1H3. The molecule has 2 aromatic rings. The molecule has 9 heteroatoms. The minimum absolute atomic E-state index is 0.00417. The van der Waals surface area contributed by atoms with E-state index in [1.54, 1.807) is 0 Å². The molecule has 0 bridgehead atoms. The van der Waals surface area contributed by atoms with Crippen LogP contribution < -0.4 is 4.72 Å². The average Bonchev–Trinajstić information content (AvgIpc) is 2.73. The Labute approximate surface area is 175 Å². The molecule has 1 aliphatic heterocycles. The zero-order valence-electron chi connectivity index (χ0n) is 16.1. The maximum Gasteiger partial charge on any atom is 0.339 e. The molecule has 1 fully saturated rings. The van der Waals surface area contributed by atoms with E-state index < -0.39 is 16.0 Å². The average molecular weight is 439 g/mol. The van der Waals surface area contributed by atoms with Gasteiger partial charge in [-0.05, 0) is 29.3 Å². The molecule has 0 aliphatic carbocycles. The number of rotatable bonds is 7. The number of nitrogens with one attached hydrogen (secondary N) is 1. The molecule has 3 rings (SSSR count). The molecule has 2 aromatic carbocycles. The van der Waals surface area contributed by atoms with E-state index in [9.17, 15) is 13.2 Å². The molecule has 0 amide bonds. The minimum Gasteiger partial charge on any atom is -0.465 e. The Kier molecular flexibility index (Phi) is 7.26. The molecule has 0 aromatic heterocycles. The summed E-state index contributed by atoms with van der Waals surface area (Å²) in [5.74, 6) is -0.692. The van der Waals surface area contributed by atoms with Crippen LogP contribution >= 0.6 is 11.6 Å². The van der Waals surface area contributed by atoms with Gasteiger partial charge in [0.1, 0.15) is 0 Å². The van der Waals surface area contributed by atoms with E-state index in [0.717, 1.165) is 38.4 Å². The second-order valence-electron chi connectivity index (χ2n) is 6.66. The first-order valence-electron chi connectivity index (χ1n) is 9.14. The first-order chi connectivity index (χ1) is 13.9. The summed E-state index contributed by atoms with van der Waals surface area (Å²) in [6.45, 7) is 4.31. The van der Waals surface area contributed by atoms with E-state index in [0.29, 0.717) is 0 Å². The molecule has 1 aliphatic rings. The molecule has 0 radical (unpaired) electrons. The lowest BCUT2D eigenvalue weighted by Gasteiger charge is -2.26. The molecule has 0 unspecified atom stereocenters. The quantitative estimate of drug-likeness (QED) is 0.668. The third-order valence-electron chi connectivity index (χ3n) is 4.65.